The van der Waals surface area contributed by atoms with Gasteiger partial charge in [-0.3, -0.25) is 9.59 Å². The number of amides is 2. The van der Waals surface area contributed by atoms with Crippen LogP contribution in [0.3, 0.4) is 0 Å². The maximum atomic E-state index is 13.0. The average Bonchev–Trinajstić information content (AvgIpc) is 3.17. The third-order valence-corrected chi connectivity index (χ3v) is 7.67. The number of benzene rings is 1. The van der Waals surface area contributed by atoms with Crippen LogP contribution >= 0.6 is 11.8 Å². The van der Waals surface area contributed by atoms with E-state index in [1.165, 1.54) is 0 Å². The second-order valence-corrected chi connectivity index (χ2v) is 9.29. The Balaban J connectivity index is 1.38. The molecule has 6 heteroatoms. The van der Waals surface area contributed by atoms with Gasteiger partial charge in [-0.05, 0) is 37.7 Å². The Kier molecular flexibility index (Phi) is 4.73. The van der Waals surface area contributed by atoms with Crippen LogP contribution in [0.2, 0.25) is 0 Å². The van der Waals surface area contributed by atoms with Crippen LogP contribution in [0.1, 0.15) is 44.3 Å². The molecule has 0 spiro atoms. The zero-order valence-electron chi connectivity index (χ0n) is 15.1. The van der Waals surface area contributed by atoms with E-state index in [2.05, 4.69) is 6.92 Å². The summed E-state index contributed by atoms with van der Waals surface area (Å²) in [6.07, 6.45) is 2.52. The van der Waals surface area contributed by atoms with E-state index in [1.807, 2.05) is 40.1 Å². The molecule has 26 heavy (non-hydrogen) atoms. The Morgan fingerprint density at radius 1 is 1.27 bits per heavy atom. The van der Waals surface area contributed by atoms with Crippen molar-refractivity contribution >= 4 is 23.6 Å². The molecule has 5 nitrogen and oxygen atoms in total. The number of carbonyl (C=O) groups is 2. The van der Waals surface area contributed by atoms with E-state index >= 15 is 0 Å². The van der Waals surface area contributed by atoms with Crippen molar-refractivity contribution < 1.29 is 14.7 Å². The van der Waals surface area contributed by atoms with Crippen molar-refractivity contribution in [2.24, 2.45) is 5.92 Å². The van der Waals surface area contributed by atoms with Gasteiger partial charge in [-0.2, -0.15) is 0 Å². The lowest BCUT2D eigenvalue weighted by atomic mass is 9.87. The maximum absolute atomic E-state index is 13.0. The van der Waals surface area contributed by atoms with Gasteiger partial charge in [0.15, 0.2) is 0 Å². The summed E-state index contributed by atoms with van der Waals surface area (Å²) in [5.74, 6) is 1.08. The van der Waals surface area contributed by atoms with Gasteiger partial charge in [0.1, 0.15) is 6.04 Å². The van der Waals surface area contributed by atoms with Crippen molar-refractivity contribution in [3.8, 4) is 0 Å². The maximum Gasteiger partial charge on any atom is 0.246 e. The fraction of sp³-hybridized carbons (Fsp3) is 0.600. The molecule has 3 aliphatic rings. The summed E-state index contributed by atoms with van der Waals surface area (Å²) in [5, 5.41) is 10.6. The fourth-order valence-electron chi connectivity index (χ4n) is 4.57. The molecule has 140 valence electrons. The van der Waals surface area contributed by atoms with Gasteiger partial charge >= 0.3 is 0 Å². The van der Waals surface area contributed by atoms with Gasteiger partial charge in [-0.1, -0.05) is 30.3 Å². The van der Waals surface area contributed by atoms with Crippen LogP contribution in [0.15, 0.2) is 30.3 Å². The van der Waals surface area contributed by atoms with Gasteiger partial charge in [-0.25, -0.2) is 0 Å². The first-order chi connectivity index (χ1) is 12.5. The predicted octanol–water partition coefficient (Wildman–Crippen LogP) is 2.41. The first kappa shape index (κ1) is 17.9. The van der Waals surface area contributed by atoms with E-state index in [0.29, 0.717) is 25.3 Å². The standard InChI is InChI=1S/C20H26N2O3S/c1-20-10-7-17(23)22(20)16(13-26-20)19(25)21-11-8-15(9-12-21)18(24)14-5-3-2-4-6-14/h2-6,15-16,18,24H,7-13H2,1H3. The normalized spacial score (nSPS) is 30.5. The van der Waals surface area contributed by atoms with Crippen LogP contribution in [0, 0.1) is 5.92 Å². The first-order valence-electron chi connectivity index (χ1n) is 9.47. The highest BCUT2D eigenvalue weighted by atomic mass is 32.2. The molecule has 3 unspecified atom stereocenters. The molecule has 0 saturated carbocycles. The summed E-state index contributed by atoms with van der Waals surface area (Å²) in [7, 11) is 0. The number of likely N-dealkylation sites (tertiary alicyclic amines) is 1. The lowest BCUT2D eigenvalue weighted by Crippen LogP contribution is -2.53. The van der Waals surface area contributed by atoms with Gasteiger partial charge in [0.2, 0.25) is 11.8 Å². The molecular formula is C20H26N2O3S. The summed E-state index contributed by atoms with van der Waals surface area (Å²) < 4.78 is 0. The van der Waals surface area contributed by atoms with E-state index in [0.717, 1.165) is 24.8 Å². The lowest BCUT2D eigenvalue weighted by molar-refractivity contribution is -0.145. The Labute approximate surface area is 158 Å². The topological polar surface area (TPSA) is 60.9 Å². The van der Waals surface area contributed by atoms with Crippen molar-refractivity contribution in [2.75, 3.05) is 18.8 Å². The number of aliphatic hydroxyl groups is 1. The van der Waals surface area contributed by atoms with Gasteiger partial charge in [0.25, 0.3) is 0 Å². The molecule has 3 fully saturated rings. The fourth-order valence-corrected chi connectivity index (χ4v) is 6.00. The van der Waals surface area contributed by atoms with Gasteiger partial charge in [0, 0.05) is 25.3 Å². The minimum atomic E-state index is -0.473. The summed E-state index contributed by atoms with van der Waals surface area (Å²) in [6, 6.07) is 9.44. The molecule has 4 rings (SSSR count). The molecular weight excluding hydrogens is 348 g/mol. The zero-order valence-corrected chi connectivity index (χ0v) is 16.0. The van der Waals surface area contributed by atoms with Crippen molar-refractivity contribution in [1.82, 2.24) is 9.80 Å². The van der Waals surface area contributed by atoms with E-state index in [1.54, 1.807) is 11.8 Å². The van der Waals surface area contributed by atoms with Crippen LogP contribution in [-0.4, -0.2) is 56.5 Å². The Morgan fingerprint density at radius 2 is 1.96 bits per heavy atom. The van der Waals surface area contributed by atoms with E-state index in [9.17, 15) is 14.7 Å². The third-order valence-electron chi connectivity index (χ3n) is 6.17. The van der Waals surface area contributed by atoms with Gasteiger partial charge in [-0.15, -0.1) is 11.8 Å². The predicted molar refractivity (Wildman–Crippen MR) is 101 cm³/mol. The smallest absolute Gasteiger partial charge is 0.246 e. The summed E-state index contributed by atoms with van der Waals surface area (Å²) in [6.45, 7) is 3.40. The quantitative estimate of drug-likeness (QED) is 0.883. The number of nitrogens with zero attached hydrogens (tertiary/aromatic N) is 2. The molecule has 3 atom stereocenters. The largest absolute Gasteiger partial charge is 0.388 e. The summed E-state index contributed by atoms with van der Waals surface area (Å²) in [5.41, 5.74) is 0.947. The number of fused-ring (bicyclic) bond motifs is 1. The van der Waals surface area contributed by atoms with Crippen molar-refractivity contribution in [3.63, 3.8) is 0 Å². The van der Waals surface area contributed by atoms with Crippen LogP contribution in [-0.2, 0) is 9.59 Å². The van der Waals surface area contributed by atoms with Crippen molar-refractivity contribution in [2.45, 2.75) is 49.6 Å². The van der Waals surface area contributed by atoms with Crippen LogP contribution in [0.25, 0.3) is 0 Å². The van der Waals surface area contributed by atoms with E-state index < -0.39 is 6.10 Å². The monoisotopic (exact) mass is 374 g/mol. The van der Waals surface area contributed by atoms with Crippen LogP contribution in [0.4, 0.5) is 0 Å². The second kappa shape index (κ2) is 6.89. The van der Waals surface area contributed by atoms with Gasteiger partial charge in [0.05, 0.1) is 11.0 Å². The lowest BCUT2D eigenvalue weighted by Gasteiger charge is -2.37. The molecule has 3 heterocycles. The van der Waals surface area contributed by atoms with Crippen LogP contribution < -0.4 is 0 Å². The molecule has 0 bridgehead atoms. The minimum absolute atomic E-state index is 0.0872. The van der Waals surface area contributed by atoms with Gasteiger partial charge < -0.3 is 14.9 Å². The molecule has 1 aromatic rings. The molecule has 1 N–H and O–H groups in total. The second-order valence-electron chi connectivity index (χ2n) is 7.78. The summed E-state index contributed by atoms with van der Waals surface area (Å²) in [4.78, 5) is 28.8. The number of rotatable bonds is 3. The number of aliphatic hydroxyl groups excluding tert-OH is 1. The number of hydrogen-bond acceptors (Lipinski definition) is 4. The highest BCUT2D eigenvalue weighted by molar-refractivity contribution is 8.01. The number of piperidine rings is 1. The van der Waals surface area contributed by atoms with E-state index in [-0.39, 0.29) is 28.6 Å². The van der Waals surface area contributed by atoms with Crippen LogP contribution in [0.5, 0.6) is 0 Å². The zero-order chi connectivity index (χ0) is 18.3. The molecule has 3 saturated heterocycles. The van der Waals surface area contributed by atoms with Crippen molar-refractivity contribution in [3.05, 3.63) is 35.9 Å². The number of carbonyl (C=O) groups excluding carboxylic acids is 2. The highest BCUT2D eigenvalue weighted by Crippen LogP contribution is 2.47. The highest BCUT2D eigenvalue weighted by Gasteiger charge is 2.53. The molecule has 0 aliphatic carbocycles. The Hall–Kier alpha value is -1.53. The first-order valence-corrected chi connectivity index (χ1v) is 10.5. The minimum Gasteiger partial charge on any atom is -0.388 e. The Bertz CT molecular complexity index is 690. The Morgan fingerprint density at radius 3 is 2.65 bits per heavy atom. The molecule has 3 aliphatic heterocycles. The van der Waals surface area contributed by atoms with E-state index in [4.69, 9.17) is 0 Å². The molecule has 0 aromatic heterocycles. The summed E-state index contributed by atoms with van der Waals surface area (Å²) >= 11 is 1.74. The van der Waals surface area contributed by atoms with Crippen molar-refractivity contribution in [1.29, 1.82) is 0 Å². The number of thioether (sulfide) groups is 1. The SMILES string of the molecule is CC12CCC(=O)N1C(C(=O)N1CCC(C(O)c3ccccc3)CC1)CS2. The number of hydrogen-bond donors (Lipinski definition) is 1. The third kappa shape index (κ3) is 3.03. The molecule has 2 amide bonds. The molecule has 1 aromatic carbocycles. The molecule has 0 radical (unpaired) electrons. The average molecular weight is 375 g/mol.